The topological polar surface area (TPSA) is 34.1 Å². The molecule has 24 heavy (non-hydrogen) atoms. The number of hydrogen-bond donors (Lipinski definition) is 1. The molecule has 1 heterocycles. The molecule has 130 valence electrons. The van der Waals surface area contributed by atoms with E-state index in [2.05, 4.69) is 31.1 Å². The van der Waals surface area contributed by atoms with Crippen LogP contribution in [0.1, 0.15) is 39.0 Å². The fourth-order valence-corrected chi connectivity index (χ4v) is 2.38. The zero-order chi connectivity index (χ0) is 17.7. The molecule has 0 spiro atoms. The molecule has 4 heteroatoms. The summed E-state index contributed by atoms with van der Waals surface area (Å²) in [5.41, 5.74) is 3.18. The SMILES string of the molecule is CCOc1ccc(C)cc1-c1ccc(F)c(CN[C@H](C)C(C)C)n1. The van der Waals surface area contributed by atoms with Crippen molar-refractivity contribution in [1.29, 1.82) is 0 Å². The van der Waals surface area contributed by atoms with Crippen molar-refractivity contribution in [2.75, 3.05) is 6.61 Å². The highest BCUT2D eigenvalue weighted by atomic mass is 19.1. The van der Waals surface area contributed by atoms with Crippen molar-refractivity contribution < 1.29 is 9.13 Å². The molecule has 1 aromatic carbocycles. The molecule has 1 atom stereocenters. The average molecular weight is 330 g/mol. The third kappa shape index (κ3) is 4.54. The van der Waals surface area contributed by atoms with Gasteiger partial charge in [0.1, 0.15) is 11.6 Å². The van der Waals surface area contributed by atoms with Gasteiger partial charge in [-0.2, -0.15) is 0 Å². The number of benzene rings is 1. The molecule has 0 aliphatic rings. The van der Waals surface area contributed by atoms with Gasteiger partial charge in [-0.05, 0) is 51.0 Å². The lowest BCUT2D eigenvalue weighted by Crippen LogP contribution is -2.30. The lowest BCUT2D eigenvalue weighted by atomic mass is 10.1. The van der Waals surface area contributed by atoms with Crippen LogP contribution < -0.4 is 10.1 Å². The van der Waals surface area contributed by atoms with Crippen LogP contribution in [0.4, 0.5) is 4.39 Å². The molecule has 0 unspecified atom stereocenters. The third-order valence-electron chi connectivity index (χ3n) is 4.22. The molecule has 0 bridgehead atoms. The van der Waals surface area contributed by atoms with Gasteiger partial charge in [0.25, 0.3) is 0 Å². The van der Waals surface area contributed by atoms with Crippen molar-refractivity contribution >= 4 is 0 Å². The van der Waals surface area contributed by atoms with Crippen LogP contribution in [0.25, 0.3) is 11.3 Å². The maximum Gasteiger partial charge on any atom is 0.146 e. The Morgan fingerprint density at radius 3 is 2.58 bits per heavy atom. The second-order valence-corrected chi connectivity index (χ2v) is 6.47. The van der Waals surface area contributed by atoms with Crippen molar-refractivity contribution in [3.63, 3.8) is 0 Å². The number of nitrogens with zero attached hydrogens (tertiary/aromatic N) is 1. The minimum atomic E-state index is -0.284. The molecule has 0 aliphatic heterocycles. The van der Waals surface area contributed by atoms with E-state index >= 15 is 0 Å². The van der Waals surface area contributed by atoms with Crippen LogP contribution in [0.2, 0.25) is 0 Å². The van der Waals surface area contributed by atoms with E-state index in [1.165, 1.54) is 6.07 Å². The first-order valence-corrected chi connectivity index (χ1v) is 8.55. The maximum atomic E-state index is 14.1. The molecular formula is C20H27FN2O. The third-order valence-corrected chi connectivity index (χ3v) is 4.22. The summed E-state index contributed by atoms with van der Waals surface area (Å²) in [4.78, 5) is 4.54. The van der Waals surface area contributed by atoms with Crippen molar-refractivity contribution in [3.05, 3.63) is 47.4 Å². The Hall–Kier alpha value is -1.94. The van der Waals surface area contributed by atoms with E-state index in [1.54, 1.807) is 6.07 Å². The second kappa shape index (κ2) is 8.25. The lowest BCUT2D eigenvalue weighted by molar-refractivity contribution is 0.341. The number of aromatic nitrogens is 1. The molecule has 1 N–H and O–H groups in total. The van der Waals surface area contributed by atoms with Crippen LogP contribution in [0.15, 0.2) is 30.3 Å². The summed E-state index contributed by atoms with van der Waals surface area (Å²) in [5.74, 6) is 0.974. The number of pyridine rings is 1. The van der Waals surface area contributed by atoms with Crippen LogP contribution in [0.3, 0.4) is 0 Å². The van der Waals surface area contributed by atoms with Crippen LogP contribution in [0, 0.1) is 18.7 Å². The molecule has 0 saturated carbocycles. The monoisotopic (exact) mass is 330 g/mol. The van der Waals surface area contributed by atoms with Crippen LogP contribution >= 0.6 is 0 Å². The van der Waals surface area contributed by atoms with E-state index < -0.39 is 0 Å². The van der Waals surface area contributed by atoms with E-state index in [-0.39, 0.29) is 5.82 Å². The Morgan fingerprint density at radius 2 is 1.92 bits per heavy atom. The van der Waals surface area contributed by atoms with E-state index in [0.29, 0.717) is 30.8 Å². The van der Waals surface area contributed by atoms with Crippen LogP contribution in [0.5, 0.6) is 5.75 Å². The van der Waals surface area contributed by atoms with Gasteiger partial charge < -0.3 is 10.1 Å². The average Bonchev–Trinajstić information content (AvgIpc) is 2.55. The van der Waals surface area contributed by atoms with Gasteiger partial charge in [0.15, 0.2) is 0 Å². The minimum Gasteiger partial charge on any atom is -0.493 e. The molecule has 0 fully saturated rings. The zero-order valence-corrected chi connectivity index (χ0v) is 15.2. The summed E-state index contributed by atoms with van der Waals surface area (Å²) in [7, 11) is 0. The fraction of sp³-hybridized carbons (Fsp3) is 0.450. The van der Waals surface area contributed by atoms with Crippen molar-refractivity contribution in [3.8, 4) is 17.0 Å². The normalized spacial score (nSPS) is 12.5. The number of halogens is 1. The Bertz CT molecular complexity index is 685. The number of nitrogens with one attached hydrogen (secondary N) is 1. The Balaban J connectivity index is 2.32. The predicted octanol–water partition coefficient (Wildman–Crippen LogP) is 4.73. The van der Waals surface area contributed by atoms with Crippen LogP contribution in [-0.4, -0.2) is 17.6 Å². The van der Waals surface area contributed by atoms with Gasteiger partial charge in [-0.3, -0.25) is 0 Å². The first-order chi connectivity index (χ1) is 11.4. The minimum absolute atomic E-state index is 0.284. The molecular weight excluding hydrogens is 303 g/mol. The highest BCUT2D eigenvalue weighted by Gasteiger charge is 2.13. The molecule has 0 aliphatic carbocycles. The van der Waals surface area contributed by atoms with Gasteiger partial charge >= 0.3 is 0 Å². The predicted molar refractivity (Wildman–Crippen MR) is 96.7 cm³/mol. The maximum absolute atomic E-state index is 14.1. The molecule has 1 aromatic heterocycles. The molecule has 2 aromatic rings. The summed E-state index contributed by atoms with van der Waals surface area (Å²) in [5, 5.41) is 3.34. The summed E-state index contributed by atoms with van der Waals surface area (Å²) in [6.07, 6.45) is 0. The van der Waals surface area contributed by atoms with Gasteiger partial charge in [0.2, 0.25) is 0 Å². The quantitative estimate of drug-likeness (QED) is 0.797. The molecule has 0 amide bonds. The smallest absolute Gasteiger partial charge is 0.146 e. The largest absolute Gasteiger partial charge is 0.493 e. The van der Waals surface area contributed by atoms with Gasteiger partial charge in [0, 0.05) is 18.2 Å². The lowest BCUT2D eigenvalue weighted by Gasteiger charge is -2.18. The van der Waals surface area contributed by atoms with E-state index in [0.717, 1.165) is 22.6 Å². The van der Waals surface area contributed by atoms with E-state index in [9.17, 15) is 4.39 Å². The van der Waals surface area contributed by atoms with Crippen molar-refractivity contribution in [2.45, 2.75) is 47.2 Å². The highest BCUT2D eigenvalue weighted by Crippen LogP contribution is 2.30. The Morgan fingerprint density at radius 1 is 1.17 bits per heavy atom. The summed E-state index contributed by atoms with van der Waals surface area (Å²) in [6, 6.07) is 9.47. The fourth-order valence-electron chi connectivity index (χ4n) is 2.38. The summed E-state index contributed by atoms with van der Waals surface area (Å²) >= 11 is 0. The van der Waals surface area contributed by atoms with Crippen molar-refractivity contribution in [2.24, 2.45) is 5.92 Å². The van der Waals surface area contributed by atoms with Crippen LogP contribution in [-0.2, 0) is 6.54 Å². The summed E-state index contributed by atoms with van der Waals surface area (Å²) in [6.45, 7) is 11.3. The second-order valence-electron chi connectivity index (χ2n) is 6.47. The Kier molecular flexibility index (Phi) is 6.32. The first kappa shape index (κ1) is 18.4. The van der Waals surface area contributed by atoms with Gasteiger partial charge in [-0.1, -0.05) is 25.5 Å². The van der Waals surface area contributed by atoms with Crippen molar-refractivity contribution in [1.82, 2.24) is 10.3 Å². The number of ether oxygens (including phenoxy) is 1. The summed E-state index contributed by atoms with van der Waals surface area (Å²) < 4.78 is 19.8. The van der Waals surface area contributed by atoms with Gasteiger partial charge in [-0.15, -0.1) is 0 Å². The van der Waals surface area contributed by atoms with E-state index in [4.69, 9.17) is 4.74 Å². The van der Waals surface area contributed by atoms with E-state index in [1.807, 2.05) is 32.0 Å². The first-order valence-electron chi connectivity index (χ1n) is 8.55. The number of aryl methyl sites for hydroxylation is 1. The molecule has 3 nitrogen and oxygen atoms in total. The molecule has 2 rings (SSSR count). The standard InChI is InChI=1S/C20H27FN2O/c1-6-24-20-10-7-14(4)11-16(20)18-9-8-17(21)19(23-18)12-22-15(5)13(2)3/h7-11,13,15,22H,6,12H2,1-5H3/t15-/m1/s1. The highest BCUT2D eigenvalue weighted by molar-refractivity contribution is 5.68. The zero-order valence-electron chi connectivity index (χ0n) is 15.2. The Labute approximate surface area is 144 Å². The number of rotatable bonds is 7. The van der Waals surface area contributed by atoms with Gasteiger partial charge in [-0.25, -0.2) is 9.37 Å². The number of hydrogen-bond acceptors (Lipinski definition) is 3. The molecule has 0 radical (unpaired) electrons. The molecule has 0 saturated heterocycles. The van der Waals surface area contributed by atoms with Gasteiger partial charge in [0.05, 0.1) is 18.0 Å².